The number of aryl methyl sites for hydroxylation is 2. The van der Waals surface area contributed by atoms with Crippen LogP contribution in [0, 0.1) is 13.8 Å². The Bertz CT molecular complexity index is 790. The molecule has 4 heteroatoms. The van der Waals surface area contributed by atoms with Crippen molar-refractivity contribution in [2.45, 2.75) is 13.8 Å². The summed E-state index contributed by atoms with van der Waals surface area (Å²) in [5, 5.41) is 0. The van der Waals surface area contributed by atoms with Gasteiger partial charge >= 0.3 is 0 Å². The number of nitrogens with zero attached hydrogens (tertiary/aromatic N) is 2. The highest BCUT2D eigenvalue weighted by Crippen LogP contribution is 2.30. The highest BCUT2D eigenvalue weighted by molar-refractivity contribution is 5.81. The number of fused-ring (bicyclic) bond motifs is 1. The van der Waals surface area contributed by atoms with Gasteiger partial charge in [-0.15, -0.1) is 0 Å². The fourth-order valence-electron chi connectivity index (χ4n) is 2.38. The minimum atomic E-state index is 0.618. The zero-order valence-electron chi connectivity index (χ0n) is 11.8. The van der Waals surface area contributed by atoms with Gasteiger partial charge in [-0.2, -0.15) is 0 Å². The van der Waals surface area contributed by atoms with Crippen molar-refractivity contribution in [1.82, 2.24) is 9.55 Å². The summed E-state index contributed by atoms with van der Waals surface area (Å²) in [7, 11) is 1.62. The van der Waals surface area contributed by atoms with Crippen molar-refractivity contribution in [3.63, 3.8) is 0 Å². The van der Waals surface area contributed by atoms with E-state index in [2.05, 4.69) is 31.0 Å². The van der Waals surface area contributed by atoms with Gasteiger partial charge in [0.2, 0.25) is 0 Å². The maximum atomic E-state index is 6.17. The fourth-order valence-corrected chi connectivity index (χ4v) is 2.38. The number of methoxy groups -OCH3 is 1. The van der Waals surface area contributed by atoms with E-state index in [-0.39, 0.29) is 0 Å². The summed E-state index contributed by atoms with van der Waals surface area (Å²) in [6.07, 6.45) is 1.80. The molecular weight excluding hydrogens is 250 g/mol. The molecule has 0 fully saturated rings. The van der Waals surface area contributed by atoms with Gasteiger partial charge in [-0.05, 0) is 49.2 Å². The zero-order chi connectivity index (χ0) is 14.3. The first-order valence-corrected chi connectivity index (χ1v) is 6.49. The lowest BCUT2D eigenvalue weighted by atomic mass is 10.1. The summed E-state index contributed by atoms with van der Waals surface area (Å²) in [6, 6.07) is 9.98. The largest absolute Gasteiger partial charge is 0.495 e. The molecule has 3 rings (SSSR count). The van der Waals surface area contributed by atoms with Crippen molar-refractivity contribution in [3.05, 3.63) is 47.8 Å². The predicted molar refractivity (Wildman–Crippen MR) is 81.5 cm³/mol. The van der Waals surface area contributed by atoms with Gasteiger partial charge in [0.15, 0.2) is 0 Å². The molecule has 3 aromatic rings. The summed E-state index contributed by atoms with van der Waals surface area (Å²) in [5.41, 5.74) is 12.2. The Balaban J connectivity index is 2.28. The van der Waals surface area contributed by atoms with E-state index in [1.165, 1.54) is 11.1 Å². The van der Waals surface area contributed by atoms with Crippen LogP contribution in [0.3, 0.4) is 0 Å². The van der Waals surface area contributed by atoms with Crippen LogP contribution in [-0.2, 0) is 0 Å². The van der Waals surface area contributed by atoms with Gasteiger partial charge in [0.05, 0.1) is 29.5 Å². The summed E-state index contributed by atoms with van der Waals surface area (Å²) in [5.74, 6) is 0.674. The van der Waals surface area contributed by atoms with E-state index < -0.39 is 0 Å². The predicted octanol–water partition coefficient (Wildman–Crippen LogP) is 3.23. The number of ether oxygens (including phenoxy) is 1. The van der Waals surface area contributed by atoms with Crippen LogP contribution < -0.4 is 10.5 Å². The second kappa shape index (κ2) is 4.56. The molecule has 0 aliphatic heterocycles. The molecule has 0 spiro atoms. The van der Waals surface area contributed by atoms with Gasteiger partial charge < -0.3 is 10.5 Å². The SMILES string of the molecule is COc1cccc(-n2cnc3cc(C)c(C)cc32)c1N. The molecule has 4 nitrogen and oxygen atoms in total. The third-order valence-corrected chi connectivity index (χ3v) is 3.69. The molecular formula is C16H17N3O. The molecule has 0 radical (unpaired) electrons. The minimum Gasteiger partial charge on any atom is -0.495 e. The van der Waals surface area contributed by atoms with Crippen LogP contribution in [0.2, 0.25) is 0 Å². The minimum absolute atomic E-state index is 0.618. The number of anilines is 1. The molecule has 2 N–H and O–H groups in total. The lowest BCUT2D eigenvalue weighted by molar-refractivity contribution is 0.417. The molecule has 0 bridgehead atoms. The summed E-state index contributed by atoms with van der Waals surface area (Å²) < 4.78 is 7.28. The van der Waals surface area contributed by atoms with Gasteiger partial charge in [-0.3, -0.25) is 4.57 Å². The molecule has 0 aliphatic carbocycles. The van der Waals surface area contributed by atoms with Gasteiger partial charge in [0.1, 0.15) is 12.1 Å². The van der Waals surface area contributed by atoms with Crippen molar-refractivity contribution >= 4 is 16.7 Å². The summed E-state index contributed by atoms with van der Waals surface area (Å²) in [4.78, 5) is 4.46. The van der Waals surface area contributed by atoms with Crippen molar-refractivity contribution in [1.29, 1.82) is 0 Å². The van der Waals surface area contributed by atoms with E-state index >= 15 is 0 Å². The number of nitrogens with two attached hydrogens (primary N) is 1. The molecule has 102 valence electrons. The van der Waals surface area contributed by atoms with Crippen LogP contribution in [0.4, 0.5) is 5.69 Å². The average Bonchev–Trinajstić information content (AvgIpc) is 2.82. The number of benzene rings is 2. The molecule has 0 saturated carbocycles. The maximum Gasteiger partial charge on any atom is 0.143 e. The molecule has 2 aromatic carbocycles. The molecule has 0 unspecified atom stereocenters. The van der Waals surface area contributed by atoms with E-state index in [9.17, 15) is 0 Å². The Morgan fingerprint density at radius 3 is 2.65 bits per heavy atom. The number of hydrogen-bond donors (Lipinski definition) is 1. The lowest BCUT2D eigenvalue weighted by Crippen LogP contribution is -2.01. The monoisotopic (exact) mass is 267 g/mol. The van der Waals surface area contributed by atoms with Gasteiger partial charge in [0, 0.05) is 0 Å². The van der Waals surface area contributed by atoms with Crippen molar-refractivity contribution in [3.8, 4) is 11.4 Å². The van der Waals surface area contributed by atoms with Gasteiger partial charge in [-0.25, -0.2) is 4.98 Å². The van der Waals surface area contributed by atoms with Crippen LogP contribution in [0.5, 0.6) is 5.75 Å². The quantitative estimate of drug-likeness (QED) is 0.725. The first kappa shape index (κ1) is 12.5. The number of nitrogen functional groups attached to an aromatic ring is 1. The fraction of sp³-hybridized carbons (Fsp3) is 0.188. The highest BCUT2D eigenvalue weighted by atomic mass is 16.5. The van der Waals surface area contributed by atoms with Crippen molar-refractivity contribution in [2.75, 3.05) is 12.8 Å². The Morgan fingerprint density at radius 2 is 1.90 bits per heavy atom. The maximum absolute atomic E-state index is 6.17. The van der Waals surface area contributed by atoms with Crippen molar-refractivity contribution < 1.29 is 4.74 Å². The molecule has 0 aliphatic rings. The van der Waals surface area contributed by atoms with Crippen LogP contribution in [0.15, 0.2) is 36.7 Å². The number of hydrogen-bond acceptors (Lipinski definition) is 3. The first-order chi connectivity index (χ1) is 9.61. The van der Waals surface area contributed by atoms with E-state index in [0.717, 1.165) is 16.7 Å². The second-order valence-electron chi connectivity index (χ2n) is 4.93. The Kier molecular flexibility index (Phi) is 2.86. The van der Waals surface area contributed by atoms with E-state index in [0.29, 0.717) is 11.4 Å². The van der Waals surface area contributed by atoms with E-state index in [4.69, 9.17) is 10.5 Å². The van der Waals surface area contributed by atoms with E-state index in [1.807, 2.05) is 22.8 Å². The normalized spacial score (nSPS) is 10.9. The Hall–Kier alpha value is -2.49. The van der Waals surface area contributed by atoms with Gasteiger partial charge in [-0.1, -0.05) is 6.07 Å². The smallest absolute Gasteiger partial charge is 0.143 e. The molecule has 1 aromatic heterocycles. The number of para-hydroxylation sites is 1. The molecule has 1 heterocycles. The van der Waals surface area contributed by atoms with Crippen LogP contribution in [-0.4, -0.2) is 16.7 Å². The second-order valence-corrected chi connectivity index (χ2v) is 4.93. The summed E-state index contributed by atoms with van der Waals surface area (Å²) >= 11 is 0. The lowest BCUT2D eigenvalue weighted by Gasteiger charge is -2.11. The Labute approximate surface area is 117 Å². The molecule has 0 atom stereocenters. The zero-order valence-corrected chi connectivity index (χ0v) is 11.8. The number of imidazole rings is 1. The number of rotatable bonds is 2. The standard InChI is InChI=1S/C16H17N3O/c1-10-7-12-14(8-11(10)2)19(9-18-12)13-5-4-6-15(20-3)16(13)17/h4-9H,17H2,1-3H3. The third-order valence-electron chi connectivity index (χ3n) is 3.69. The molecule has 20 heavy (non-hydrogen) atoms. The van der Waals surface area contributed by atoms with E-state index in [1.54, 1.807) is 13.4 Å². The summed E-state index contributed by atoms with van der Waals surface area (Å²) in [6.45, 7) is 4.19. The topological polar surface area (TPSA) is 53.1 Å². The number of aromatic nitrogens is 2. The average molecular weight is 267 g/mol. The van der Waals surface area contributed by atoms with Crippen LogP contribution in [0.1, 0.15) is 11.1 Å². The molecule has 0 saturated heterocycles. The van der Waals surface area contributed by atoms with Crippen molar-refractivity contribution in [2.24, 2.45) is 0 Å². The van der Waals surface area contributed by atoms with Gasteiger partial charge in [0.25, 0.3) is 0 Å². The third kappa shape index (κ3) is 1.81. The van der Waals surface area contributed by atoms with Crippen LogP contribution in [0.25, 0.3) is 16.7 Å². The van der Waals surface area contributed by atoms with Crippen LogP contribution >= 0.6 is 0 Å². The Morgan fingerprint density at radius 1 is 1.15 bits per heavy atom. The first-order valence-electron chi connectivity index (χ1n) is 6.49. The highest BCUT2D eigenvalue weighted by Gasteiger charge is 2.11. The molecule has 0 amide bonds.